The fourth-order valence-electron chi connectivity index (χ4n) is 2.24. The Bertz CT molecular complexity index is 573. The van der Waals surface area contributed by atoms with Crippen molar-refractivity contribution in [3.8, 4) is 0 Å². The molecule has 1 heterocycles. The van der Waals surface area contributed by atoms with Crippen molar-refractivity contribution in [3.05, 3.63) is 29.3 Å². The standard InChI is InChI=1S/C14H15F6N3O/c1-22-2-4-23(5-3-22)12(24)21-11-7-9(13(15,16)17)6-10(8-11)14(18,19)20/h6-8H,2-5H2,1H3,(H,21,24). The number of alkyl halides is 6. The van der Waals surface area contributed by atoms with Gasteiger partial charge in [-0.15, -0.1) is 0 Å². The highest BCUT2D eigenvalue weighted by atomic mass is 19.4. The third-order valence-electron chi connectivity index (χ3n) is 3.63. The molecule has 1 aromatic carbocycles. The number of carbonyl (C=O) groups excluding carboxylic acids is 1. The van der Waals surface area contributed by atoms with Crippen LogP contribution in [-0.2, 0) is 12.4 Å². The summed E-state index contributed by atoms with van der Waals surface area (Å²) in [6.07, 6.45) is -9.90. The Hall–Kier alpha value is -1.97. The van der Waals surface area contributed by atoms with Gasteiger partial charge < -0.3 is 15.1 Å². The highest BCUT2D eigenvalue weighted by Gasteiger charge is 2.37. The van der Waals surface area contributed by atoms with Gasteiger partial charge in [-0.05, 0) is 25.2 Å². The quantitative estimate of drug-likeness (QED) is 0.783. The van der Waals surface area contributed by atoms with Crippen LogP contribution < -0.4 is 5.32 Å². The van der Waals surface area contributed by atoms with E-state index in [2.05, 4.69) is 5.32 Å². The largest absolute Gasteiger partial charge is 0.416 e. The number of hydrogen-bond acceptors (Lipinski definition) is 2. The molecule has 2 amide bonds. The van der Waals surface area contributed by atoms with E-state index in [4.69, 9.17) is 0 Å². The lowest BCUT2D eigenvalue weighted by molar-refractivity contribution is -0.143. The van der Waals surface area contributed by atoms with Crippen molar-refractivity contribution >= 4 is 11.7 Å². The lowest BCUT2D eigenvalue weighted by Crippen LogP contribution is -2.48. The number of benzene rings is 1. The SMILES string of the molecule is CN1CCN(C(=O)Nc2cc(C(F)(F)F)cc(C(F)(F)F)c2)CC1. The van der Waals surface area contributed by atoms with Crippen molar-refractivity contribution in [1.82, 2.24) is 9.80 Å². The summed E-state index contributed by atoms with van der Waals surface area (Å²) in [5.41, 5.74) is -3.47. The van der Waals surface area contributed by atoms with Crippen LogP contribution in [0.3, 0.4) is 0 Å². The molecule has 1 fully saturated rings. The van der Waals surface area contributed by atoms with Crippen LogP contribution >= 0.6 is 0 Å². The highest BCUT2D eigenvalue weighted by Crippen LogP contribution is 2.37. The normalized spacial score (nSPS) is 17.0. The molecule has 1 aliphatic rings. The molecule has 0 spiro atoms. The van der Waals surface area contributed by atoms with Crippen molar-refractivity contribution < 1.29 is 31.1 Å². The van der Waals surface area contributed by atoms with Crippen molar-refractivity contribution in [2.24, 2.45) is 0 Å². The first-order valence-electron chi connectivity index (χ1n) is 7.01. The number of amides is 2. The van der Waals surface area contributed by atoms with E-state index < -0.39 is 35.2 Å². The van der Waals surface area contributed by atoms with E-state index in [0.717, 1.165) is 0 Å². The second-order valence-corrected chi connectivity index (χ2v) is 5.52. The molecule has 4 nitrogen and oxygen atoms in total. The van der Waals surface area contributed by atoms with E-state index in [9.17, 15) is 31.1 Å². The molecule has 1 aromatic rings. The molecule has 0 radical (unpaired) electrons. The minimum absolute atomic E-state index is 0.0194. The predicted molar refractivity (Wildman–Crippen MR) is 74.5 cm³/mol. The molecule has 10 heteroatoms. The van der Waals surface area contributed by atoms with Gasteiger partial charge in [0.1, 0.15) is 0 Å². The second kappa shape index (κ2) is 6.50. The van der Waals surface area contributed by atoms with Gasteiger partial charge in [-0.3, -0.25) is 0 Å². The minimum atomic E-state index is -4.95. The Balaban J connectivity index is 2.24. The van der Waals surface area contributed by atoms with Gasteiger partial charge in [-0.2, -0.15) is 26.3 Å². The molecule has 1 aliphatic heterocycles. The van der Waals surface area contributed by atoms with Crippen LogP contribution in [-0.4, -0.2) is 49.1 Å². The van der Waals surface area contributed by atoms with Gasteiger partial charge in [-0.25, -0.2) is 4.79 Å². The first kappa shape index (κ1) is 18.4. The maximum absolute atomic E-state index is 12.8. The highest BCUT2D eigenvalue weighted by molar-refractivity contribution is 5.89. The van der Waals surface area contributed by atoms with Crippen LogP contribution in [0.25, 0.3) is 0 Å². The Morgan fingerprint density at radius 2 is 1.38 bits per heavy atom. The molecular weight excluding hydrogens is 340 g/mol. The number of urea groups is 1. The van der Waals surface area contributed by atoms with Crippen LogP contribution in [0.4, 0.5) is 36.8 Å². The smallest absolute Gasteiger partial charge is 0.322 e. The summed E-state index contributed by atoms with van der Waals surface area (Å²) in [7, 11) is 1.84. The summed E-state index contributed by atoms with van der Waals surface area (Å²) in [5, 5.41) is 2.12. The number of nitrogens with one attached hydrogen (secondary N) is 1. The molecule has 1 N–H and O–H groups in total. The maximum atomic E-state index is 12.8. The van der Waals surface area contributed by atoms with E-state index in [0.29, 0.717) is 38.3 Å². The lowest BCUT2D eigenvalue weighted by Gasteiger charge is -2.32. The fourth-order valence-corrected chi connectivity index (χ4v) is 2.24. The molecule has 0 aromatic heterocycles. The van der Waals surface area contributed by atoms with Gasteiger partial charge >= 0.3 is 18.4 Å². The topological polar surface area (TPSA) is 35.6 Å². The zero-order chi connectivity index (χ0) is 18.1. The molecule has 24 heavy (non-hydrogen) atoms. The molecule has 0 atom stereocenters. The fraction of sp³-hybridized carbons (Fsp3) is 0.500. The average molecular weight is 355 g/mol. The summed E-state index contributed by atoms with van der Waals surface area (Å²) in [4.78, 5) is 15.3. The van der Waals surface area contributed by atoms with Crippen molar-refractivity contribution in [1.29, 1.82) is 0 Å². The van der Waals surface area contributed by atoms with Gasteiger partial charge in [0.2, 0.25) is 0 Å². The predicted octanol–water partition coefficient (Wildman–Crippen LogP) is 3.50. The number of likely N-dealkylation sites (N-methyl/N-ethyl adjacent to an activating group) is 1. The van der Waals surface area contributed by atoms with Gasteiger partial charge in [0.05, 0.1) is 11.1 Å². The number of carbonyl (C=O) groups is 1. The van der Waals surface area contributed by atoms with Gasteiger partial charge in [-0.1, -0.05) is 0 Å². The summed E-state index contributed by atoms with van der Waals surface area (Å²) in [6, 6.07) is 0.272. The lowest BCUT2D eigenvalue weighted by atomic mass is 10.1. The van der Waals surface area contributed by atoms with Crippen LogP contribution in [0, 0.1) is 0 Å². The van der Waals surface area contributed by atoms with Crippen LogP contribution in [0.5, 0.6) is 0 Å². The Labute approximate surface area is 134 Å². The zero-order valence-corrected chi connectivity index (χ0v) is 12.6. The van der Waals surface area contributed by atoms with Gasteiger partial charge in [0.25, 0.3) is 0 Å². The number of hydrogen-bond donors (Lipinski definition) is 1. The number of rotatable bonds is 1. The van der Waals surface area contributed by atoms with E-state index in [-0.39, 0.29) is 6.07 Å². The number of anilines is 1. The van der Waals surface area contributed by atoms with Crippen molar-refractivity contribution in [3.63, 3.8) is 0 Å². The molecule has 134 valence electrons. The molecule has 2 rings (SSSR count). The first-order valence-corrected chi connectivity index (χ1v) is 7.01. The minimum Gasteiger partial charge on any atom is -0.322 e. The van der Waals surface area contributed by atoms with E-state index >= 15 is 0 Å². The van der Waals surface area contributed by atoms with Crippen LogP contribution in [0.15, 0.2) is 18.2 Å². The Kier molecular flexibility index (Phi) is 4.97. The number of halogens is 6. The Morgan fingerprint density at radius 1 is 0.917 bits per heavy atom. The molecular formula is C14H15F6N3O. The molecule has 0 bridgehead atoms. The molecule has 1 saturated heterocycles. The van der Waals surface area contributed by atoms with Gasteiger partial charge in [0.15, 0.2) is 0 Å². The average Bonchev–Trinajstić information content (AvgIpc) is 2.45. The first-order chi connectivity index (χ1) is 11.0. The number of nitrogens with zero attached hydrogens (tertiary/aromatic N) is 2. The van der Waals surface area contributed by atoms with Crippen molar-refractivity contribution in [2.45, 2.75) is 12.4 Å². The second-order valence-electron chi connectivity index (χ2n) is 5.52. The summed E-state index contributed by atoms with van der Waals surface area (Å²) < 4.78 is 76.7. The summed E-state index contributed by atoms with van der Waals surface area (Å²) in [5.74, 6) is 0. The van der Waals surface area contributed by atoms with Crippen LogP contribution in [0.2, 0.25) is 0 Å². The molecule has 0 aliphatic carbocycles. The van der Waals surface area contributed by atoms with Crippen molar-refractivity contribution in [2.75, 3.05) is 38.5 Å². The Morgan fingerprint density at radius 3 is 1.79 bits per heavy atom. The monoisotopic (exact) mass is 355 g/mol. The third kappa shape index (κ3) is 4.53. The maximum Gasteiger partial charge on any atom is 0.416 e. The van der Waals surface area contributed by atoms with E-state index in [1.54, 1.807) is 0 Å². The summed E-state index contributed by atoms with van der Waals surface area (Å²) >= 11 is 0. The summed E-state index contributed by atoms with van der Waals surface area (Å²) in [6.45, 7) is 1.83. The third-order valence-corrected chi connectivity index (χ3v) is 3.63. The van der Waals surface area contributed by atoms with E-state index in [1.807, 2.05) is 11.9 Å². The zero-order valence-electron chi connectivity index (χ0n) is 12.6. The van der Waals surface area contributed by atoms with E-state index in [1.165, 1.54) is 4.90 Å². The van der Waals surface area contributed by atoms with Crippen LogP contribution in [0.1, 0.15) is 11.1 Å². The number of piperazine rings is 1. The van der Waals surface area contributed by atoms with Gasteiger partial charge in [0, 0.05) is 31.9 Å². The molecule has 0 saturated carbocycles. The molecule has 0 unspecified atom stereocenters.